The van der Waals surface area contributed by atoms with Crippen LogP contribution < -0.4 is 10.1 Å². The van der Waals surface area contributed by atoms with Crippen LogP contribution in [0.4, 0.5) is 5.69 Å². The number of fused-ring (bicyclic) bond motifs is 14. The first-order valence-electron chi connectivity index (χ1n) is 17.9. The van der Waals surface area contributed by atoms with Gasteiger partial charge in [-0.1, -0.05) is 32.1 Å². The summed E-state index contributed by atoms with van der Waals surface area (Å²) in [5, 5.41) is 82.9. The molecule has 9 atom stereocenters. The van der Waals surface area contributed by atoms with Gasteiger partial charge in [0.05, 0.1) is 48.3 Å². The quantitative estimate of drug-likeness (QED) is 0.122. The maximum atomic E-state index is 14.0. The monoisotopic (exact) mass is 785 g/mol. The van der Waals surface area contributed by atoms with Crippen molar-refractivity contribution in [3.05, 3.63) is 69.2 Å². The SMILES string of the molecule is COC(=O)[C@@H]1[C@H](O)[C@H](C)[C@@H](O)[C@@](C)(O)/C=C\C=C(/C)C(=O)Nc2c(C)c(OC(C)=O)c3c(c2O)C(=O)C(C)=C2OCOC(=C23)/C(C)=C/[C@](C)(O)[C@@H](O)[C@@H](C)[C@H]1O. The van der Waals surface area contributed by atoms with Gasteiger partial charge in [-0.05, 0) is 53.2 Å². The Bertz CT molecular complexity index is 1970. The molecule has 4 bridgehead atoms. The van der Waals surface area contributed by atoms with Gasteiger partial charge in [-0.2, -0.15) is 0 Å². The third kappa shape index (κ3) is 8.03. The molecule has 0 saturated heterocycles. The standard InChI is InChI=1S/C40H51NO15/c1-16-12-11-13-39(8,51)35(47)20(5)29(44)26(38(50)53-10)30(45)21(6)36(48)40(9,52)14-17(2)32-25-23-24(28(43)19(4)33(25)55-15-54-32)31(46)27(41-37(16)49)18(3)34(23)56-22(7)42/h11-14,20-21,26,29-30,35-36,44-48,51-52H,15H2,1-10H3,(H,41,49)/b13-11-,16-12+,17-14+/t20-,21-,26+,29+,30+,35+,36-,39-,40-/m0/s1. The fourth-order valence-corrected chi connectivity index (χ4v) is 7.31. The summed E-state index contributed by atoms with van der Waals surface area (Å²) in [5.41, 5.74) is -4.84. The number of benzene rings is 1. The second-order valence-electron chi connectivity index (χ2n) is 15.0. The first-order chi connectivity index (χ1) is 25.9. The number of allylic oxidation sites excluding steroid dienone is 5. The van der Waals surface area contributed by atoms with Crippen molar-refractivity contribution in [3.8, 4) is 11.5 Å². The summed E-state index contributed by atoms with van der Waals surface area (Å²) in [6.07, 6.45) is -2.56. The molecule has 0 unspecified atom stereocenters. The molecule has 3 heterocycles. The summed E-state index contributed by atoms with van der Waals surface area (Å²) >= 11 is 0. The van der Waals surface area contributed by atoms with Crippen molar-refractivity contribution < 1.29 is 73.9 Å². The maximum Gasteiger partial charge on any atom is 0.313 e. The van der Waals surface area contributed by atoms with Crippen molar-refractivity contribution in [3.63, 3.8) is 0 Å². The molecule has 56 heavy (non-hydrogen) atoms. The van der Waals surface area contributed by atoms with Crippen LogP contribution in [0.5, 0.6) is 11.5 Å². The highest BCUT2D eigenvalue weighted by atomic mass is 16.7. The minimum Gasteiger partial charge on any atom is -0.505 e. The second-order valence-corrected chi connectivity index (χ2v) is 15.0. The Morgan fingerprint density at radius 1 is 0.875 bits per heavy atom. The van der Waals surface area contributed by atoms with E-state index in [1.807, 2.05) is 0 Å². The Balaban J connectivity index is 2.08. The van der Waals surface area contributed by atoms with Gasteiger partial charge in [-0.15, -0.1) is 0 Å². The first kappa shape index (κ1) is 43.9. The third-order valence-corrected chi connectivity index (χ3v) is 10.7. The number of carbonyl (C=O) groups excluding carboxylic acids is 4. The summed E-state index contributed by atoms with van der Waals surface area (Å²) in [6.45, 7) is 11.5. The molecule has 16 heteroatoms. The number of Topliss-reactive ketones (excluding diaryl/α,β-unsaturated/α-hetero) is 1. The number of methoxy groups -OCH3 is 1. The van der Waals surface area contributed by atoms with Gasteiger partial charge in [-0.25, -0.2) is 0 Å². The Morgan fingerprint density at radius 3 is 1.98 bits per heavy atom. The van der Waals surface area contributed by atoms with Gasteiger partial charge in [0.15, 0.2) is 11.5 Å². The van der Waals surface area contributed by atoms with Crippen LogP contribution in [-0.4, -0.2) is 109 Å². The van der Waals surface area contributed by atoms with E-state index in [9.17, 15) is 54.9 Å². The molecule has 0 fully saturated rings. The summed E-state index contributed by atoms with van der Waals surface area (Å²) in [7, 11) is 1.01. The van der Waals surface area contributed by atoms with Gasteiger partial charge < -0.3 is 60.0 Å². The summed E-state index contributed by atoms with van der Waals surface area (Å²) in [4.78, 5) is 53.1. The Hall–Kier alpha value is -4.84. The number of aromatic hydroxyl groups is 1. The minimum atomic E-state index is -2.22. The second kappa shape index (κ2) is 16.3. The number of aliphatic hydroxyl groups is 6. The van der Waals surface area contributed by atoms with Crippen LogP contribution in [0.2, 0.25) is 0 Å². The van der Waals surface area contributed by atoms with Crippen LogP contribution in [0.15, 0.2) is 52.5 Å². The zero-order valence-corrected chi connectivity index (χ0v) is 33.0. The molecule has 0 saturated carbocycles. The number of anilines is 1. The number of hydrogen-bond acceptors (Lipinski definition) is 15. The highest BCUT2D eigenvalue weighted by molar-refractivity contribution is 6.21. The molecular formula is C40H51NO15. The van der Waals surface area contributed by atoms with Gasteiger partial charge in [0.25, 0.3) is 5.91 Å². The number of phenols is 1. The van der Waals surface area contributed by atoms with E-state index in [2.05, 4.69) is 5.32 Å². The Kier molecular flexibility index (Phi) is 12.8. The average molecular weight is 786 g/mol. The smallest absolute Gasteiger partial charge is 0.313 e. The van der Waals surface area contributed by atoms with E-state index >= 15 is 0 Å². The van der Waals surface area contributed by atoms with E-state index in [4.69, 9.17) is 18.9 Å². The van der Waals surface area contributed by atoms with Crippen LogP contribution in [0.3, 0.4) is 0 Å². The van der Waals surface area contributed by atoms with E-state index < -0.39 is 89.5 Å². The summed E-state index contributed by atoms with van der Waals surface area (Å²) < 4.78 is 22.2. The molecule has 1 aromatic carbocycles. The number of ether oxygens (including phenoxy) is 4. The lowest BCUT2D eigenvalue weighted by Gasteiger charge is -2.40. The number of phenolic OH excluding ortho intramolecular Hbond substituents is 1. The lowest BCUT2D eigenvalue weighted by atomic mass is 9.74. The molecule has 0 aromatic heterocycles. The van der Waals surface area contributed by atoms with Crippen molar-refractivity contribution in [2.24, 2.45) is 17.8 Å². The minimum absolute atomic E-state index is 0.00246. The number of ketones is 1. The molecule has 1 aromatic rings. The highest BCUT2D eigenvalue weighted by Gasteiger charge is 2.48. The lowest BCUT2D eigenvalue weighted by molar-refractivity contribution is -0.171. The van der Waals surface area contributed by atoms with Crippen molar-refractivity contribution in [2.75, 3.05) is 19.2 Å². The number of nitrogens with one attached hydrogen (secondary N) is 1. The molecule has 3 aliphatic heterocycles. The Morgan fingerprint density at radius 2 is 1.43 bits per heavy atom. The number of aliphatic hydroxyl groups excluding tert-OH is 4. The van der Waals surface area contributed by atoms with E-state index in [-0.39, 0.29) is 61.9 Å². The molecular weight excluding hydrogens is 734 g/mol. The van der Waals surface area contributed by atoms with E-state index in [1.165, 1.54) is 73.6 Å². The van der Waals surface area contributed by atoms with Crippen LogP contribution >= 0.6 is 0 Å². The molecule has 5 rings (SSSR count). The molecule has 8 N–H and O–H groups in total. The molecule has 16 nitrogen and oxygen atoms in total. The Labute approximate surface area is 324 Å². The number of rotatable bonds is 2. The fourth-order valence-electron chi connectivity index (χ4n) is 7.31. The normalized spacial score (nSPS) is 34.2. The fraction of sp³-hybridized carbons (Fsp3) is 0.500. The number of amides is 1. The number of esters is 2. The van der Waals surface area contributed by atoms with Gasteiger partial charge in [0.2, 0.25) is 6.79 Å². The van der Waals surface area contributed by atoms with E-state index in [0.717, 1.165) is 20.1 Å². The van der Waals surface area contributed by atoms with Crippen molar-refractivity contribution in [2.45, 2.75) is 97.9 Å². The largest absolute Gasteiger partial charge is 0.505 e. The van der Waals surface area contributed by atoms with Crippen molar-refractivity contribution in [1.29, 1.82) is 0 Å². The highest BCUT2D eigenvalue weighted by Crippen LogP contribution is 2.53. The molecule has 1 aliphatic carbocycles. The first-order valence-corrected chi connectivity index (χ1v) is 17.9. The predicted molar refractivity (Wildman–Crippen MR) is 200 cm³/mol. The molecule has 306 valence electrons. The maximum absolute atomic E-state index is 14.0. The molecule has 1 amide bonds. The third-order valence-electron chi connectivity index (χ3n) is 10.7. The lowest BCUT2D eigenvalue weighted by Crippen LogP contribution is -2.54. The van der Waals surface area contributed by atoms with Crippen LogP contribution in [0, 0.1) is 24.7 Å². The molecule has 0 radical (unpaired) electrons. The zero-order chi connectivity index (χ0) is 42.4. The summed E-state index contributed by atoms with van der Waals surface area (Å²) in [5.74, 6) is -8.84. The zero-order valence-electron chi connectivity index (χ0n) is 33.0. The van der Waals surface area contributed by atoms with Gasteiger partial charge >= 0.3 is 11.9 Å². The van der Waals surface area contributed by atoms with Crippen molar-refractivity contribution in [1.82, 2.24) is 0 Å². The topological polar surface area (TPSA) is 259 Å². The van der Waals surface area contributed by atoms with E-state index in [0.29, 0.717) is 0 Å². The summed E-state index contributed by atoms with van der Waals surface area (Å²) in [6, 6.07) is 0. The van der Waals surface area contributed by atoms with Crippen LogP contribution in [0.25, 0.3) is 5.57 Å². The van der Waals surface area contributed by atoms with Gasteiger partial charge in [0.1, 0.15) is 34.4 Å². The van der Waals surface area contributed by atoms with E-state index in [1.54, 1.807) is 0 Å². The van der Waals surface area contributed by atoms with Crippen LogP contribution in [-0.2, 0) is 28.6 Å². The van der Waals surface area contributed by atoms with Gasteiger partial charge in [0, 0.05) is 41.0 Å². The van der Waals surface area contributed by atoms with Gasteiger partial charge in [-0.3, -0.25) is 19.2 Å². The van der Waals surface area contributed by atoms with Crippen LogP contribution in [0.1, 0.15) is 76.9 Å². The molecule has 4 aliphatic rings. The van der Waals surface area contributed by atoms with Crippen molar-refractivity contribution >= 4 is 34.9 Å². The predicted octanol–water partition coefficient (Wildman–Crippen LogP) is 2.22. The number of hydrogen-bond donors (Lipinski definition) is 8. The number of carbonyl (C=O) groups is 4. The average Bonchev–Trinajstić information content (AvgIpc) is 3.13. The molecule has 0 spiro atoms.